The van der Waals surface area contributed by atoms with Crippen LogP contribution in [0.25, 0.3) is 0 Å². The van der Waals surface area contributed by atoms with Crippen LogP contribution in [0.4, 0.5) is 43.8 Å². The Balaban J connectivity index is 1.93. The van der Waals surface area contributed by atoms with E-state index in [1.807, 2.05) is 0 Å². The summed E-state index contributed by atoms with van der Waals surface area (Å²) in [6.07, 6.45) is -9.32. The van der Waals surface area contributed by atoms with Gasteiger partial charge in [0.05, 0.1) is 18.8 Å². The van der Waals surface area contributed by atoms with E-state index in [9.17, 15) is 31.1 Å². The fourth-order valence-corrected chi connectivity index (χ4v) is 3.09. The second kappa shape index (κ2) is 9.68. The van der Waals surface area contributed by atoms with Crippen molar-refractivity contribution in [3.8, 4) is 5.75 Å². The van der Waals surface area contributed by atoms with Crippen LogP contribution in [0.3, 0.4) is 0 Å². The number of nitrogens with one attached hydrogen (secondary N) is 2. The zero-order valence-corrected chi connectivity index (χ0v) is 17.1. The smallest absolute Gasteiger partial charge is 0.404 e. The summed E-state index contributed by atoms with van der Waals surface area (Å²) in [5.74, 6) is -1.57. The fraction of sp³-hybridized carbons (Fsp3) is 0.421. The van der Waals surface area contributed by atoms with Gasteiger partial charge in [-0.05, 0) is 24.6 Å². The van der Waals surface area contributed by atoms with Crippen molar-refractivity contribution < 1.29 is 40.6 Å². The number of carbonyl (C=O) groups is 1. The summed E-state index contributed by atoms with van der Waals surface area (Å²) >= 11 is 0. The first-order chi connectivity index (χ1) is 15.5. The first-order valence-electron chi connectivity index (χ1n) is 9.66. The highest BCUT2D eigenvalue weighted by Crippen LogP contribution is 2.37. The Hall–Kier alpha value is -3.29. The lowest BCUT2D eigenvalue weighted by Gasteiger charge is -2.30. The molecule has 0 bridgehead atoms. The van der Waals surface area contributed by atoms with Gasteiger partial charge in [-0.3, -0.25) is 4.79 Å². The van der Waals surface area contributed by atoms with Crippen molar-refractivity contribution in [1.29, 1.82) is 0 Å². The zero-order valence-electron chi connectivity index (χ0n) is 17.1. The van der Waals surface area contributed by atoms with Gasteiger partial charge in [0.15, 0.2) is 5.75 Å². The van der Waals surface area contributed by atoms with Gasteiger partial charge >= 0.3 is 12.5 Å². The number of halogens is 6. The van der Waals surface area contributed by atoms with Crippen LogP contribution in [0, 0.1) is 0 Å². The Morgan fingerprint density at radius 3 is 2.67 bits per heavy atom. The van der Waals surface area contributed by atoms with E-state index in [0.29, 0.717) is 24.7 Å². The number of amides is 1. The van der Waals surface area contributed by atoms with Crippen LogP contribution >= 0.6 is 0 Å². The SMILES string of the molecule is CCNc1nc(Nc2ccc(C3CN(C=O)CCO3)cc2OC(F)(F)F)ncc1C(F)(F)F. The lowest BCUT2D eigenvalue weighted by Crippen LogP contribution is -2.37. The van der Waals surface area contributed by atoms with E-state index in [-0.39, 0.29) is 31.3 Å². The largest absolute Gasteiger partial charge is 0.573 e. The van der Waals surface area contributed by atoms with E-state index < -0.39 is 35.8 Å². The van der Waals surface area contributed by atoms with E-state index >= 15 is 0 Å². The Labute approximate surface area is 183 Å². The molecular weight excluding hydrogens is 460 g/mol. The summed E-state index contributed by atoms with van der Waals surface area (Å²) in [6, 6.07) is 3.75. The van der Waals surface area contributed by atoms with Crippen molar-refractivity contribution in [2.45, 2.75) is 25.6 Å². The van der Waals surface area contributed by atoms with E-state index in [1.165, 1.54) is 17.0 Å². The summed E-state index contributed by atoms with van der Waals surface area (Å²) in [5.41, 5.74) is -1.04. The molecule has 1 aromatic carbocycles. The first-order valence-corrected chi connectivity index (χ1v) is 9.66. The van der Waals surface area contributed by atoms with E-state index in [1.54, 1.807) is 6.92 Å². The van der Waals surface area contributed by atoms with Crippen LogP contribution in [0.2, 0.25) is 0 Å². The minimum absolute atomic E-state index is 0.121. The third-order valence-corrected chi connectivity index (χ3v) is 4.53. The summed E-state index contributed by atoms with van der Waals surface area (Å²) < 4.78 is 88.0. The van der Waals surface area contributed by atoms with E-state index in [0.717, 1.165) is 6.07 Å². The van der Waals surface area contributed by atoms with Crippen molar-refractivity contribution >= 4 is 23.9 Å². The summed E-state index contributed by atoms with van der Waals surface area (Å²) in [6.45, 7) is 2.37. The highest BCUT2D eigenvalue weighted by molar-refractivity contribution is 5.65. The molecule has 0 spiro atoms. The van der Waals surface area contributed by atoms with Crippen molar-refractivity contribution in [2.24, 2.45) is 0 Å². The summed E-state index contributed by atoms with van der Waals surface area (Å²) in [7, 11) is 0. The average molecular weight is 479 g/mol. The maximum Gasteiger partial charge on any atom is 0.573 e. The number of morpholine rings is 1. The van der Waals surface area contributed by atoms with Crippen LogP contribution < -0.4 is 15.4 Å². The van der Waals surface area contributed by atoms with Gasteiger partial charge in [-0.25, -0.2) is 4.98 Å². The van der Waals surface area contributed by atoms with E-state index in [4.69, 9.17) is 4.74 Å². The molecule has 1 fully saturated rings. The number of nitrogens with zero attached hydrogens (tertiary/aromatic N) is 3. The molecule has 1 amide bonds. The highest BCUT2D eigenvalue weighted by atomic mass is 19.4. The molecule has 8 nitrogen and oxygen atoms in total. The van der Waals surface area contributed by atoms with Crippen molar-refractivity contribution in [2.75, 3.05) is 36.9 Å². The van der Waals surface area contributed by atoms with Crippen LogP contribution in [0.5, 0.6) is 5.75 Å². The third kappa shape index (κ3) is 6.37. The minimum Gasteiger partial charge on any atom is -0.404 e. The van der Waals surface area contributed by atoms with Crippen LogP contribution in [0.15, 0.2) is 24.4 Å². The van der Waals surface area contributed by atoms with Crippen molar-refractivity contribution in [3.05, 3.63) is 35.5 Å². The first kappa shape index (κ1) is 24.4. The lowest BCUT2D eigenvalue weighted by molar-refractivity contribution is -0.274. The number of aromatic nitrogens is 2. The molecule has 1 unspecified atom stereocenters. The molecule has 1 aliphatic rings. The Bertz CT molecular complexity index is 985. The average Bonchev–Trinajstić information content (AvgIpc) is 2.73. The lowest BCUT2D eigenvalue weighted by atomic mass is 10.1. The van der Waals surface area contributed by atoms with Gasteiger partial charge in [0.25, 0.3) is 0 Å². The number of alkyl halides is 6. The standard InChI is InChI=1S/C19H19F6N5O3/c1-2-26-16-12(18(20,21)22)8-27-17(29-16)28-13-4-3-11(7-14(13)33-19(23,24)25)15-9-30(10-31)5-6-32-15/h3-4,7-8,10,15H,2,5-6,9H2,1H3,(H2,26,27,28,29). The quantitative estimate of drug-likeness (QED) is 0.457. The number of ether oxygens (including phenoxy) is 2. The molecule has 1 aliphatic heterocycles. The number of carbonyl (C=O) groups excluding carboxylic acids is 1. The maximum absolute atomic E-state index is 13.1. The Kier molecular flexibility index (Phi) is 7.15. The Morgan fingerprint density at radius 1 is 1.27 bits per heavy atom. The van der Waals surface area contributed by atoms with Crippen LogP contribution in [0.1, 0.15) is 24.2 Å². The molecule has 1 atom stereocenters. The van der Waals surface area contributed by atoms with Gasteiger partial charge in [-0.2, -0.15) is 18.2 Å². The molecule has 180 valence electrons. The summed E-state index contributed by atoms with van der Waals surface area (Å²) in [5, 5.41) is 4.91. The number of benzene rings is 1. The van der Waals surface area contributed by atoms with Crippen molar-refractivity contribution in [1.82, 2.24) is 14.9 Å². The second-order valence-electron chi connectivity index (χ2n) is 6.87. The second-order valence-corrected chi connectivity index (χ2v) is 6.87. The molecule has 2 N–H and O–H groups in total. The maximum atomic E-state index is 13.1. The molecule has 0 saturated carbocycles. The monoisotopic (exact) mass is 479 g/mol. The van der Waals surface area contributed by atoms with Gasteiger partial charge in [0.1, 0.15) is 17.5 Å². The van der Waals surface area contributed by atoms with Crippen LogP contribution in [-0.4, -0.2) is 53.9 Å². The molecule has 1 aromatic heterocycles. The molecule has 14 heteroatoms. The van der Waals surface area contributed by atoms with E-state index in [2.05, 4.69) is 25.3 Å². The van der Waals surface area contributed by atoms with Gasteiger partial charge in [-0.15, -0.1) is 13.2 Å². The number of anilines is 3. The molecule has 3 rings (SSSR count). The minimum atomic E-state index is -5.05. The molecule has 1 saturated heterocycles. The third-order valence-electron chi connectivity index (χ3n) is 4.53. The predicted octanol–water partition coefficient (Wildman–Crippen LogP) is 4.10. The van der Waals surface area contributed by atoms with Gasteiger partial charge in [0.2, 0.25) is 12.4 Å². The molecule has 0 radical (unpaired) electrons. The molecule has 2 heterocycles. The molecule has 0 aliphatic carbocycles. The molecular formula is C19H19F6N5O3. The Morgan fingerprint density at radius 2 is 2.03 bits per heavy atom. The topological polar surface area (TPSA) is 88.6 Å². The van der Waals surface area contributed by atoms with Gasteiger partial charge in [-0.1, -0.05) is 6.07 Å². The van der Waals surface area contributed by atoms with Crippen LogP contribution in [-0.2, 0) is 15.7 Å². The predicted molar refractivity (Wildman–Crippen MR) is 104 cm³/mol. The highest BCUT2D eigenvalue weighted by Gasteiger charge is 2.36. The zero-order chi connectivity index (χ0) is 24.2. The number of hydrogen-bond acceptors (Lipinski definition) is 7. The number of hydrogen-bond donors (Lipinski definition) is 2. The fourth-order valence-electron chi connectivity index (χ4n) is 3.09. The normalized spacial score (nSPS) is 16.9. The molecule has 2 aromatic rings. The number of rotatable bonds is 7. The summed E-state index contributed by atoms with van der Waals surface area (Å²) in [4.78, 5) is 19.7. The molecule has 33 heavy (non-hydrogen) atoms. The van der Waals surface area contributed by atoms with Crippen molar-refractivity contribution in [3.63, 3.8) is 0 Å². The van der Waals surface area contributed by atoms with Gasteiger partial charge in [0, 0.05) is 19.3 Å². The van der Waals surface area contributed by atoms with Gasteiger partial charge < -0.3 is 25.0 Å².